The zero-order chi connectivity index (χ0) is 16.2. The van der Waals surface area contributed by atoms with E-state index in [1.807, 2.05) is 0 Å². The molecule has 0 bridgehead atoms. The zero-order valence-corrected chi connectivity index (χ0v) is 13.5. The first-order chi connectivity index (χ1) is 9.68. The first-order valence-corrected chi connectivity index (χ1v) is 8.28. The van der Waals surface area contributed by atoms with Crippen molar-refractivity contribution in [2.24, 2.45) is 5.92 Å². The summed E-state index contributed by atoms with van der Waals surface area (Å²) in [4.78, 5) is 22.4. The Kier molecular flexibility index (Phi) is 5.87. The summed E-state index contributed by atoms with van der Waals surface area (Å²) in [6, 6.07) is 2.85. The lowest BCUT2D eigenvalue weighted by Gasteiger charge is -2.19. The lowest BCUT2D eigenvalue weighted by Crippen LogP contribution is -2.33. The topological polar surface area (TPSA) is 101 Å². The fourth-order valence-electron chi connectivity index (χ4n) is 1.65. The molecule has 0 spiro atoms. The fraction of sp³-hybridized carbons (Fsp3) is 0.500. The van der Waals surface area contributed by atoms with Gasteiger partial charge in [-0.1, -0.05) is 6.92 Å². The van der Waals surface area contributed by atoms with E-state index in [1.54, 1.807) is 6.92 Å². The van der Waals surface area contributed by atoms with Gasteiger partial charge in [0.05, 0.1) is 19.4 Å². The van der Waals surface area contributed by atoms with Crippen LogP contribution in [-0.2, 0) is 30.8 Å². The Bertz CT molecular complexity index is 621. The molecular weight excluding hydrogens is 318 g/mol. The van der Waals surface area contributed by atoms with Gasteiger partial charge in [0.2, 0.25) is 0 Å². The van der Waals surface area contributed by atoms with Crippen LogP contribution < -0.4 is 0 Å². The Hall–Kier alpha value is -1.45. The van der Waals surface area contributed by atoms with E-state index < -0.39 is 27.9 Å². The maximum Gasteiger partial charge on any atom is 0.309 e. The molecule has 0 aliphatic heterocycles. The standard InChI is InChI=1S/C12H17NO6S2/c1-8(12(16)19-3)7-13(2)21(17,18)11-5-4-9(20-11)6-10(14)15/h4-5,8H,6-7H2,1-3H3,(H,14,15). The van der Waals surface area contributed by atoms with E-state index >= 15 is 0 Å². The summed E-state index contributed by atoms with van der Waals surface area (Å²) in [6.07, 6.45) is -0.220. The summed E-state index contributed by atoms with van der Waals surface area (Å²) >= 11 is 0.911. The van der Waals surface area contributed by atoms with Gasteiger partial charge in [-0.2, -0.15) is 4.31 Å². The van der Waals surface area contributed by atoms with Crippen LogP contribution in [-0.4, -0.2) is 50.5 Å². The molecule has 7 nitrogen and oxygen atoms in total. The molecule has 0 aliphatic rings. The van der Waals surface area contributed by atoms with Crippen molar-refractivity contribution < 1.29 is 27.9 Å². The average molecular weight is 335 g/mol. The van der Waals surface area contributed by atoms with Crippen molar-refractivity contribution >= 4 is 33.3 Å². The van der Waals surface area contributed by atoms with Crippen LogP contribution in [0.4, 0.5) is 0 Å². The molecule has 0 radical (unpaired) electrons. The first-order valence-electron chi connectivity index (χ1n) is 6.03. The normalized spacial score (nSPS) is 13.1. The van der Waals surface area contributed by atoms with Gasteiger partial charge in [-0.3, -0.25) is 9.59 Å². The second-order valence-electron chi connectivity index (χ2n) is 4.50. The van der Waals surface area contributed by atoms with Gasteiger partial charge in [0.25, 0.3) is 10.0 Å². The largest absolute Gasteiger partial charge is 0.481 e. The molecule has 9 heteroatoms. The van der Waals surface area contributed by atoms with Crippen LogP contribution >= 0.6 is 11.3 Å². The first kappa shape index (κ1) is 17.6. The third-order valence-corrected chi connectivity index (χ3v) is 6.14. The quantitative estimate of drug-likeness (QED) is 0.740. The molecule has 118 valence electrons. The SMILES string of the molecule is COC(=O)C(C)CN(C)S(=O)(=O)c1ccc(CC(=O)O)s1. The molecule has 0 saturated heterocycles. The second kappa shape index (κ2) is 7.01. The monoisotopic (exact) mass is 335 g/mol. The van der Waals surface area contributed by atoms with Gasteiger partial charge in [-0.05, 0) is 12.1 Å². The van der Waals surface area contributed by atoms with Crippen molar-refractivity contribution in [1.29, 1.82) is 0 Å². The highest BCUT2D eigenvalue weighted by atomic mass is 32.2. The van der Waals surface area contributed by atoms with Crippen LogP contribution in [0, 0.1) is 5.92 Å². The van der Waals surface area contributed by atoms with E-state index in [9.17, 15) is 18.0 Å². The van der Waals surface area contributed by atoms with E-state index in [1.165, 1.54) is 26.3 Å². The van der Waals surface area contributed by atoms with Gasteiger partial charge >= 0.3 is 11.9 Å². The van der Waals surface area contributed by atoms with Crippen LogP contribution in [0.15, 0.2) is 16.3 Å². The molecule has 0 aliphatic carbocycles. The van der Waals surface area contributed by atoms with E-state index in [4.69, 9.17) is 5.11 Å². The summed E-state index contributed by atoms with van der Waals surface area (Å²) in [5.41, 5.74) is 0. The van der Waals surface area contributed by atoms with Crippen LogP contribution in [0.5, 0.6) is 0 Å². The van der Waals surface area contributed by atoms with Crippen LogP contribution in [0.3, 0.4) is 0 Å². The molecule has 1 heterocycles. The molecule has 21 heavy (non-hydrogen) atoms. The lowest BCUT2D eigenvalue weighted by molar-refractivity contribution is -0.145. The molecule has 0 amide bonds. The summed E-state index contributed by atoms with van der Waals surface area (Å²) in [7, 11) is -1.13. The highest BCUT2D eigenvalue weighted by molar-refractivity contribution is 7.91. The van der Waals surface area contributed by atoms with Crippen LogP contribution in [0.1, 0.15) is 11.8 Å². The minimum atomic E-state index is -3.74. The van der Waals surface area contributed by atoms with Crippen molar-refractivity contribution in [3.05, 3.63) is 17.0 Å². The number of rotatable bonds is 7. The molecule has 0 fully saturated rings. The average Bonchev–Trinajstić information content (AvgIpc) is 2.85. The van der Waals surface area contributed by atoms with E-state index in [2.05, 4.69) is 4.74 Å². The van der Waals surface area contributed by atoms with Gasteiger partial charge in [-0.15, -0.1) is 11.3 Å². The summed E-state index contributed by atoms with van der Waals surface area (Å²) in [6.45, 7) is 1.56. The summed E-state index contributed by atoms with van der Waals surface area (Å²) in [5.74, 6) is -2.10. The fourth-order valence-corrected chi connectivity index (χ4v) is 4.47. The maximum absolute atomic E-state index is 12.3. The van der Waals surface area contributed by atoms with Gasteiger partial charge in [0.15, 0.2) is 0 Å². The minimum Gasteiger partial charge on any atom is -0.481 e. The predicted molar refractivity (Wildman–Crippen MR) is 76.7 cm³/mol. The predicted octanol–water partition coefficient (Wildman–Crippen LogP) is 0.805. The Morgan fingerprint density at radius 3 is 2.57 bits per heavy atom. The number of aliphatic carboxylic acids is 1. The van der Waals surface area contributed by atoms with E-state index in [-0.39, 0.29) is 17.2 Å². The zero-order valence-electron chi connectivity index (χ0n) is 11.9. The molecule has 1 atom stereocenters. The molecule has 0 aromatic carbocycles. The minimum absolute atomic E-state index is 0.0127. The number of thiophene rings is 1. The van der Waals surface area contributed by atoms with Crippen LogP contribution in [0.25, 0.3) is 0 Å². The van der Waals surface area contributed by atoms with Gasteiger partial charge < -0.3 is 9.84 Å². The Morgan fingerprint density at radius 2 is 2.05 bits per heavy atom. The Balaban J connectivity index is 2.87. The van der Waals surface area contributed by atoms with Gasteiger partial charge in [0.1, 0.15) is 4.21 Å². The summed E-state index contributed by atoms with van der Waals surface area (Å²) in [5, 5.41) is 8.69. The molecule has 1 unspecified atom stereocenters. The molecule has 0 saturated carbocycles. The number of carbonyl (C=O) groups excluding carboxylic acids is 1. The second-order valence-corrected chi connectivity index (χ2v) is 7.94. The molecule has 1 rings (SSSR count). The Labute approximate surface area is 127 Å². The molecule has 1 aromatic heterocycles. The number of carboxylic acid groups (broad SMARTS) is 1. The molecular formula is C12H17NO6S2. The smallest absolute Gasteiger partial charge is 0.309 e. The van der Waals surface area contributed by atoms with Crippen molar-refractivity contribution in [3.8, 4) is 0 Å². The molecule has 1 N–H and O–H groups in total. The third-order valence-electron chi connectivity index (χ3n) is 2.76. The van der Waals surface area contributed by atoms with Crippen LogP contribution in [0.2, 0.25) is 0 Å². The third kappa shape index (κ3) is 4.51. The van der Waals surface area contributed by atoms with Gasteiger partial charge in [0, 0.05) is 18.5 Å². The number of esters is 1. The Morgan fingerprint density at radius 1 is 1.43 bits per heavy atom. The lowest BCUT2D eigenvalue weighted by atomic mass is 10.2. The number of hydrogen-bond donors (Lipinski definition) is 1. The number of carbonyl (C=O) groups is 2. The van der Waals surface area contributed by atoms with Gasteiger partial charge in [-0.25, -0.2) is 8.42 Å². The maximum atomic E-state index is 12.3. The van der Waals surface area contributed by atoms with E-state index in [0.29, 0.717) is 4.88 Å². The van der Waals surface area contributed by atoms with E-state index in [0.717, 1.165) is 15.6 Å². The number of carboxylic acids is 1. The number of hydrogen-bond acceptors (Lipinski definition) is 6. The highest BCUT2D eigenvalue weighted by Crippen LogP contribution is 2.25. The van der Waals surface area contributed by atoms with Crippen molar-refractivity contribution in [1.82, 2.24) is 4.31 Å². The highest BCUT2D eigenvalue weighted by Gasteiger charge is 2.26. The van der Waals surface area contributed by atoms with Crippen molar-refractivity contribution in [2.45, 2.75) is 17.6 Å². The van der Waals surface area contributed by atoms with Crippen molar-refractivity contribution in [2.75, 3.05) is 20.7 Å². The molecule has 1 aromatic rings. The summed E-state index contributed by atoms with van der Waals surface area (Å²) < 4.78 is 30.3. The number of sulfonamides is 1. The van der Waals surface area contributed by atoms with Crippen molar-refractivity contribution in [3.63, 3.8) is 0 Å². The number of nitrogens with zero attached hydrogens (tertiary/aromatic N) is 1. The number of ether oxygens (including phenoxy) is 1. The number of methoxy groups -OCH3 is 1.